The van der Waals surface area contributed by atoms with E-state index in [9.17, 15) is 4.39 Å². The van der Waals surface area contributed by atoms with Crippen LogP contribution in [0.15, 0.2) is 24.3 Å². The molecule has 0 radical (unpaired) electrons. The molecule has 2 rings (SSSR count). The third-order valence-electron chi connectivity index (χ3n) is 3.76. The van der Waals surface area contributed by atoms with Crippen LogP contribution in [0.3, 0.4) is 0 Å². The topological polar surface area (TPSA) is 3.24 Å². The standard InChI is InChI=1S/C15H21BrFN/c16-10-11-18(15-4-2-1-3-5-15)12-13-6-8-14(17)9-7-13/h6-9,15H,1-5,10-12H2. The minimum Gasteiger partial charge on any atom is -0.295 e. The summed E-state index contributed by atoms with van der Waals surface area (Å²) in [5.41, 5.74) is 1.21. The second-order valence-electron chi connectivity index (χ2n) is 5.08. The lowest BCUT2D eigenvalue weighted by molar-refractivity contribution is 0.158. The van der Waals surface area contributed by atoms with Crippen LogP contribution in [-0.4, -0.2) is 22.8 Å². The number of nitrogens with zero attached hydrogens (tertiary/aromatic N) is 1. The van der Waals surface area contributed by atoms with Gasteiger partial charge in [-0.3, -0.25) is 4.90 Å². The molecule has 1 aromatic rings. The summed E-state index contributed by atoms with van der Waals surface area (Å²) in [7, 11) is 0. The van der Waals surface area contributed by atoms with Crippen LogP contribution in [-0.2, 0) is 6.54 Å². The zero-order chi connectivity index (χ0) is 12.8. The van der Waals surface area contributed by atoms with Crippen LogP contribution in [0.1, 0.15) is 37.7 Å². The van der Waals surface area contributed by atoms with Crippen molar-refractivity contribution in [3.05, 3.63) is 35.6 Å². The van der Waals surface area contributed by atoms with Crippen molar-refractivity contribution in [3.63, 3.8) is 0 Å². The summed E-state index contributed by atoms with van der Waals surface area (Å²) < 4.78 is 12.9. The van der Waals surface area contributed by atoms with Gasteiger partial charge in [0.05, 0.1) is 0 Å². The maximum Gasteiger partial charge on any atom is 0.123 e. The van der Waals surface area contributed by atoms with Gasteiger partial charge in [0.1, 0.15) is 5.82 Å². The Morgan fingerprint density at radius 3 is 2.39 bits per heavy atom. The first kappa shape index (κ1) is 14.0. The smallest absolute Gasteiger partial charge is 0.123 e. The molecule has 0 spiro atoms. The Balaban J connectivity index is 1.98. The van der Waals surface area contributed by atoms with E-state index in [0.29, 0.717) is 6.04 Å². The highest BCUT2D eigenvalue weighted by Crippen LogP contribution is 2.24. The fourth-order valence-corrected chi connectivity index (χ4v) is 3.23. The van der Waals surface area contributed by atoms with Gasteiger partial charge in [-0.15, -0.1) is 0 Å². The van der Waals surface area contributed by atoms with Gasteiger partial charge in [-0.2, -0.15) is 0 Å². The summed E-state index contributed by atoms with van der Waals surface area (Å²) in [5.74, 6) is -0.150. The molecule has 100 valence electrons. The number of halogens is 2. The fraction of sp³-hybridized carbons (Fsp3) is 0.600. The first-order chi connectivity index (χ1) is 8.79. The summed E-state index contributed by atoms with van der Waals surface area (Å²) in [6.45, 7) is 2.01. The molecule has 0 aliphatic heterocycles. The molecule has 1 nitrogen and oxygen atoms in total. The first-order valence-electron chi connectivity index (χ1n) is 6.84. The second-order valence-corrected chi connectivity index (χ2v) is 5.87. The van der Waals surface area contributed by atoms with E-state index in [2.05, 4.69) is 20.8 Å². The molecular weight excluding hydrogens is 293 g/mol. The average molecular weight is 314 g/mol. The van der Waals surface area contributed by atoms with Crippen LogP contribution in [0.2, 0.25) is 0 Å². The minimum absolute atomic E-state index is 0.150. The zero-order valence-electron chi connectivity index (χ0n) is 10.7. The van der Waals surface area contributed by atoms with Crippen molar-refractivity contribution in [1.82, 2.24) is 4.90 Å². The van der Waals surface area contributed by atoms with Gasteiger partial charge in [0, 0.05) is 24.5 Å². The highest BCUT2D eigenvalue weighted by molar-refractivity contribution is 9.09. The Bertz CT molecular complexity index is 346. The van der Waals surface area contributed by atoms with Gasteiger partial charge >= 0.3 is 0 Å². The summed E-state index contributed by atoms with van der Waals surface area (Å²) in [4.78, 5) is 2.54. The van der Waals surface area contributed by atoms with Gasteiger partial charge in [-0.05, 0) is 30.5 Å². The van der Waals surface area contributed by atoms with Gasteiger partial charge in [0.15, 0.2) is 0 Å². The Morgan fingerprint density at radius 1 is 1.11 bits per heavy atom. The summed E-state index contributed by atoms with van der Waals surface area (Å²) in [5, 5.41) is 1.00. The number of hydrogen-bond donors (Lipinski definition) is 0. The molecular formula is C15H21BrFN. The predicted octanol–water partition coefficient (Wildman–Crippen LogP) is 4.36. The summed E-state index contributed by atoms with van der Waals surface area (Å²) in [6.07, 6.45) is 6.72. The molecule has 0 atom stereocenters. The quantitative estimate of drug-likeness (QED) is 0.730. The van der Waals surface area contributed by atoms with Crippen molar-refractivity contribution in [2.24, 2.45) is 0 Å². The molecule has 1 aliphatic carbocycles. The molecule has 1 fully saturated rings. The molecule has 0 unspecified atom stereocenters. The van der Waals surface area contributed by atoms with Gasteiger partial charge < -0.3 is 0 Å². The average Bonchev–Trinajstić information content (AvgIpc) is 2.42. The molecule has 0 N–H and O–H groups in total. The predicted molar refractivity (Wildman–Crippen MR) is 77.5 cm³/mol. The van der Waals surface area contributed by atoms with Crippen LogP contribution in [0.5, 0.6) is 0 Å². The van der Waals surface area contributed by atoms with Crippen molar-refractivity contribution in [2.45, 2.75) is 44.7 Å². The van der Waals surface area contributed by atoms with Gasteiger partial charge in [-0.25, -0.2) is 4.39 Å². The van der Waals surface area contributed by atoms with E-state index in [1.165, 1.54) is 37.7 Å². The normalized spacial score (nSPS) is 17.3. The monoisotopic (exact) mass is 313 g/mol. The number of benzene rings is 1. The molecule has 1 saturated carbocycles. The molecule has 0 amide bonds. The number of rotatable bonds is 5. The third kappa shape index (κ3) is 4.06. The van der Waals surface area contributed by atoms with Crippen LogP contribution in [0.25, 0.3) is 0 Å². The number of alkyl halides is 1. The molecule has 18 heavy (non-hydrogen) atoms. The largest absolute Gasteiger partial charge is 0.295 e. The molecule has 1 aliphatic rings. The molecule has 0 heterocycles. The molecule has 1 aromatic carbocycles. The third-order valence-corrected chi connectivity index (χ3v) is 4.12. The lowest BCUT2D eigenvalue weighted by atomic mass is 9.94. The highest BCUT2D eigenvalue weighted by atomic mass is 79.9. The second kappa shape index (κ2) is 7.25. The fourth-order valence-electron chi connectivity index (χ4n) is 2.77. The molecule has 0 aromatic heterocycles. The van der Waals surface area contributed by atoms with Crippen LogP contribution < -0.4 is 0 Å². The number of hydrogen-bond acceptors (Lipinski definition) is 1. The van der Waals surface area contributed by atoms with E-state index >= 15 is 0 Å². The van der Waals surface area contributed by atoms with Crippen molar-refractivity contribution < 1.29 is 4.39 Å². The van der Waals surface area contributed by atoms with Crippen molar-refractivity contribution in [2.75, 3.05) is 11.9 Å². The Hall–Kier alpha value is -0.410. The van der Waals surface area contributed by atoms with Crippen LogP contribution >= 0.6 is 15.9 Å². The Morgan fingerprint density at radius 2 is 1.78 bits per heavy atom. The minimum atomic E-state index is -0.150. The maximum atomic E-state index is 12.9. The van der Waals surface area contributed by atoms with Crippen LogP contribution in [0, 0.1) is 5.82 Å². The molecule has 3 heteroatoms. The highest BCUT2D eigenvalue weighted by Gasteiger charge is 2.20. The SMILES string of the molecule is Fc1ccc(CN(CCBr)C2CCCCC2)cc1. The Kier molecular flexibility index (Phi) is 5.64. The van der Waals surface area contributed by atoms with Gasteiger partial charge in [0.25, 0.3) is 0 Å². The maximum absolute atomic E-state index is 12.9. The van der Waals surface area contributed by atoms with E-state index in [1.807, 2.05) is 12.1 Å². The molecule has 0 saturated heterocycles. The lowest BCUT2D eigenvalue weighted by Crippen LogP contribution is -2.37. The zero-order valence-corrected chi connectivity index (χ0v) is 12.3. The summed E-state index contributed by atoms with van der Waals surface area (Å²) >= 11 is 3.54. The van der Waals surface area contributed by atoms with Gasteiger partial charge in [0.2, 0.25) is 0 Å². The van der Waals surface area contributed by atoms with E-state index in [1.54, 1.807) is 12.1 Å². The van der Waals surface area contributed by atoms with E-state index < -0.39 is 0 Å². The molecule has 0 bridgehead atoms. The summed E-state index contributed by atoms with van der Waals surface area (Å²) in [6, 6.07) is 7.63. The van der Waals surface area contributed by atoms with Crippen LogP contribution in [0.4, 0.5) is 4.39 Å². The van der Waals surface area contributed by atoms with E-state index in [4.69, 9.17) is 0 Å². The van der Waals surface area contributed by atoms with E-state index in [0.717, 1.165) is 18.4 Å². The Labute approximate surface area is 118 Å². The van der Waals surface area contributed by atoms with Crippen molar-refractivity contribution in [1.29, 1.82) is 0 Å². The van der Waals surface area contributed by atoms with E-state index in [-0.39, 0.29) is 5.82 Å². The first-order valence-corrected chi connectivity index (χ1v) is 7.96. The van der Waals surface area contributed by atoms with Crippen molar-refractivity contribution in [3.8, 4) is 0 Å². The lowest BCUT2D eigenvalue weighted by Gasteiger charge is -2.34. The van der Waals surface area contributed by atoms with Gasteiger partial charge in [-0.1, -0.05) is 47.3 Å². The van der Waals surface area contributed by atoms with Crippen molar-refractivity contribution >= 4 is 15.9 Å².